The Kier molecular flexibility index (Phi) is 5.38. The van der Waals surface area contributed by atoms with Gasteiger partial charge in [-0.2, -0.15) is 5.26 Å². The van der Waals surface area contributed by atoms with Crippen LogP contribution in [-0.4, -0.2) is 20.9 Å². The van der Waals surface area contributed by atoms with Crippen LogP contribution in [0.4, 0.5) is 11.4 Å². The van der Waals surface area contributed by atoms with Gasteiger partial charge >= 0.3 is 0 Å². The van der Waals surface area contributed by atoms with Crippen LogP contribution in [0.3, 0.4) is 0 Å². The minimum absolute atomic E-state index is 0.0426. The number of aryl methyl sites for hydroxylation is 1. The number of nitrogens with one attached hydrogen (secondary N) is 2. The first-order valence-electron chi connectivity index (χ1n) is 8.37. The molecule has 3 rings (SSSR count). The van der Waals surface area contributed by atoms with E-state index in [1.807, 2.05) is 44.2 Å². The molecule has 1 atom stereocenters. The fourth-order valence-corrected chi connectivity index (χ4v) is 2.56. The maximum atomic E-state index is 12.4. The third kappa shape index (κ3) is 4.64. The molecule has 3 aromatic rings. The zero-order valence-electron chi connectivity index (χ0n) is 15.0. The molecule has 0 spiro atoms. The van der Waals surface area contributed by atoms with Gasteiger partial charge in [0.25, 0.3) is 5.91 Å². The molecule has 1 aromatic carbocycles. The monoisotopic (exact) mass is 358 g/mol. The van der Waals surface area contributed by atoms with Crippen LogP contribution in [0, 0.1) is 18.3 Å². The molecular formula is C20H18N6O. The van der Waals surface area contributed by atoms with Crippen molar-refractivity contribution in [2.45, 2.75) is 19.9 Å². The Morgan fingerprint density at radius 3 is 2.59 bits per heavy atom. The van der Waals surface area contributed by atoms with Gasteiger partial charge < -0.3 is 10.6 Å². The number of carbonyl (C=O) groups excluding carboxylic acids is 1. The molecule has 1 amide bonds. The average Bonchev–Trinajstić information content (AvgIpc) is 2.68. The van der Waals surface area contributed by atoms with Crippen LogP contribution in [0.1, 0.15) is 40.3 Å². The summed E-state index contributed by atoms with van der Waals surface area (Å²) in [6.45, 7) is 3.88. The van der Waals surface area contributed by atoms with E-state index in [2.05, 4.69) is 25.6 Å². The lowest BCUT2D eigenvalue weighted by molar-refractivity contribution is 0.102. The van der Waals surface area contributed by atoms with Crippen molar-refractivity contribution in [1.82, 2.24) is 15.0 Å². The summed E-state index contributed by atoms with van der Waals surface area (Å²) in [7, 11) is 0. The number of hydrogen-bond donors (Lipinski definition) is 2. The molecule has 27 heavy (non-hydrogen) atoms. The zero-order chi connectivity index (χ0) is 19.2. The predicted octanol–water partition coefficient (Wildman–Crippen LogP) is 3.48. The molecule has 7 heteroatoms. The van der Waals surface area contributed by atoms with Crippen LogP contribution >= 0.6 is 0 Å². The molecule has 7 nitrogen and oxygen atoms in total. The molecule has 2 N–H and O–H groups in total. The molecule has 0 radical (unpaired) electrons. The summed E-state index contributed by atoms with van der Waals surface area (Å²) in [4.78, 5) is 24.3. The van der Waals surface area contributed by atoms with Crippen LogP contribution in [-0.2, 0) is 0 Å². The van der Waals surface area contributed by atoms with E-state index in [1.165, 1.54) is 0 Å². The molecule has 0 bridgehead atoms. The second-order valence-electron chi connectivity index (χ2n) is 6.10. The summed E-state index contributed by atoms with van der Waals surface area (Å²) in [5.74, 6) is -0.0759. The molecule has 2 heterocycles. The number of nitriles is 1. The number of amides is 1. The Morgan fingerprint density at radius 2 is 1.89 bits per heavy atom. The van der Waals surface area contributed by atoms with Crippen LogP contribution < -0.4 is 10.6 Å². The normalized spacial score (nSPS) is 11.3. The van der Waals surface area contributed by atoms with Gasteiger partial charge in [0.1, 0.15) is 6.07 Å². The summed E-state index contributed by atoms with van der Waals surface area (Å²) in [6.07, 6.45) is 6.38. The largest absolute Gasteiger partial charge is 0.376 e. The minimum Gasteiger partial charge on any atom is -0.376 e. The van der Waals surface area contributed by atoms with Crippen molar-refractivity contribution < 1.29 is 4.79 Å². The van der Waals surface area contributed by atoms with Gasteiger partial charge in [-0.15, -0.1) is 0 Å². The summed E-state index contributed by atoms with van der Waals surface area (Å²) in [5.41, 5.74) is 3.84. The van der Waals surface area contributed by atoms with E-state index in [-0.39, 0.29) is 17.8 Å². The van der Waals surface area contributed by atoms with Gasteiger partial charge in [-0.3, -0.25) is 9.78 Å². The topological polar surface area (TPSA) is 104 Å². The van der Waals surface area contributed by atoms with Gasteiger partial charge in [-0.25, -0.2) is 9.97 Å². The Morgan fingerprint density at radius 1 is 1.11 bits per heavy atom. The molecule has 0 aliphatic rings. The Labute approximate surface area is 157 Å². The van der Waals surface area contributed by atoms with Crippen molar-refractivity contribution in [2.75, 3.05) is 10.6 Å². The molecule has 0 unspecified atom stereocenters. The van der Waals surface area contributed by atoms with Crippen LogP contribution in [0.15, 0.2) is 55.1 Å². The molecule has 0 aliphatic carbocycles. The number of nitrogens with zero attached hydrogens (tertiary/aromatic N) is 4. The van der Waals surface area contributed by atoms with Crippen molar-refractivity contribution in [2.24, 2.45) is 0 Å². The number of anilines is 2. The molecule has 0 aliphatic heterocycles. The van der Waals surface area contributed by atoms with Crippen molar-refractivity contribution in [1.29, 1.82) is 5.26 Å². The smallest absolute Gasteiger partial charge is 0.257 e. The van der Waals surface area contributed by atoms with Crippen molar-refractivity contribution in [3.8, 4) is 6.07 Å². The predicted molar refractivity (Wildman–Crippen MR) is 102 cm³/mol. The molecule has 0 saturated heterocycles. The summed E-state index contributed by atoms with van der Waals surface area (Å²) < 4.78 is 0. The van der Waals surface area contributed by atoms with Gasteiger partial charge in [-0.1, -0.05) is 12.1 Å². The minimum atomic E-state index is -0.204. The number of rotatable bonds is 5. The SMILES string of the molecule is Cc1cncc(C(=O)Nc2cccc([C@H](C)Nc3cnc(C#N)nc3)c2)c1. The Balaban J connectivity index is 1.70. The summed E-state index contributed by atoms with van der Waals surface area (Å²) in [6, 6.07) is 11.2. The molecular weight excluding hydrogens is 340 g/mol. The molecule has 134 valence electrons. The number of aromatic nitrogens is 3. The quantitative estimate of drug-likeness (QED) is 0.724. The highest BCUT2D eigenvalue weighted by molar-refractivity contribution is 6.04. The van der Waals surface area contributed by atoms with Crippen molar-refractivity contribution in [3.63, 3.8) is 0 Å². The summed E-state index contributed by atoms with van der Waals surface area (Å²) in [5, 5.41) is 14.9. The highest BCUT2D eigenvalue weighted by Crippen LogP contribution is 2.21. The van der Waals surface area contributed by atoms with Gasteiger partial charge in [0.2, 0.25) is 5.82 Å². The fourth-order valence-electron chi connectivity index (χ4n) is 2.56. The van der Waals surface area contributed by atoms with E-state index >= 15 is 0 Å². The van der Waals surface area contributed by atoms with E-state index in [1.54, 1.807) is 30.9 Å². The van der Waals surface area contributed by atoms with Gasteiger partial charge in [0.15, 0.2) is 0 Å². The second kappa shape index (κ2) is 8.06. The lowest BCUT2D eigenvalue weighted by Crippen LogP contribution is -2.13. The maximum absolute atomic E-state index is 12.4. The number of benzene rings is 1. The highest BCUT2D eigenvalue weighted by atomic mass is 16.1. The number of pyridine rings is 1. The van der Waals surface area contributed by atoms with E-state index in [0.29, 0.717) is 16.9 Å². The van der Waals surface area contributed by atoms with Crippen LogP contribution in [0.5, 0.6) is 0 Å². The molecule has 2 aromatic heterocycles. The lowest BCUT2D eigenvalue weighted by atomic mass is 10.1. The fraction of sp³-hybridized carbons (Fsp3) is 0.150. The molecule has 0 fully saturated rings. The van der Waals surface area contributed by atoms with Crippen LogP contribution in [0.2, 0.25) is 0 Å². The first-order chi connectivity index (χ1) is 13.0. The number of hydrogen-bond acceptors (Lipinski definition) is 6. The highest BCUT2D eigenvalue weighted by Gasteiger charge is 2.10. The Hall–Kier alpha value is -3.79. The van der Waals surface area contributed by atoms with Gasteiger partial charge in [0.05, 0.1) is 23.6 Å². The molecule has 0 saturated carbocycles. The van der Waals surface area contributed by atoms with Crippen molar-refractivity contribution in [3.05, 3.63) is 77.6 Å². The van der Waals surface area contributed by atoms with Crippen molar-refractivity contribution >= 4 is 17.3 Å². The number of carbonyl (C=O) groups is 1. The maximum Gasteiger partial charge on any atom is 0.257 e. The standard InChI is InChI=1S/C20H18N6O/c1-13-6-16(10-22-9-13)20(27)26-17-5-3-4-15(7-17)14(2)25-18-11-23-19(8-21)24-12-18/h3-7,9-12,14,25H,1-2H3,(H,26,27)/t14-/m0/s1. The van der Waals surface area contributed by atoms with E-state index in [9.17, 15) is 4.79 Å². The summed E-state index contributed by atoms with van der Waals surface area (Å²) >= 11 is 0. The zero-order valence-corrected chi connectivity index (χ0v) is 15.0. The lowest BCUT2D eigenvalue weighted by Gasteiger charge is -2.16. The second-order valence-corrected chi connectivity index (χ2v) is 6.10. The van der Waals surface area contributed by atoms with Gasteiger partial charge in [0, 0.05) is 24.1 Å². The van der Waals surface area contributed by atoms with E-state index in [0.717, 1.165) is 11.1 Å². The van der Waals surface area contributed by atoms with Crippen LogP contribution in [0.25, 0.3) is 0 Å². The van der Waals surface area contributed by atoms with E-state index in [4.69, 9.17) is 5.26 Å². The van der Waals surface area contributed by atoms with E-state index < -0.39 is 0 Å². The average molecular weight is 358 g/mol. The third-order valence-corrected chi connectivity index (χ3v) is 3.92. The first-order valence-corrected chi connectivity index (χ1v) is 8.37. The third-order valence-electron chi connectivity index (χ3n) is 3.92. The van der Waals surface area contributed by atoms with Gasteiger partial charge in [-0.05, 0) is 43.2 Å². The Bertz CT molecular complexity index is 994. The first kappa shape index (κ1) is 18.0.